The molecule has 1 aromatic heterocycles. The number of benzene rings is 2. The summed E-state index contributed by atoms with van der Waals surface area (Å²) in [7, 11) is 0. The predicted octanol–water partition coefficient (Wildman–Crippen LogP) is -4.95. The molecule has 54 heavy (non-hydrogen) atoms. The first kappa shape index (κ1) is 39.9. The van der Waals surface area contributed by atoms with E-state index in [1.54, 1.807) is 0 Å². The van der Waals surface area contributed by atoms with Gasteiger partial charge in [0, 0.05) is 17.7 Å². The fourth-order valence-corrected chi connectivity index (χ4v) is 6.21. The highest BCUT2D eigenvalue weighted by Gasteiger charge is 2.49. The zero-order valence-electron chi connectivity index (χ0n) is 27.8. The summed E-state index contributed by atoms with van der Waals surface area (Å²) in [4.78, 5) is 13.9. The number of phenols is 2. The van der Waals surface area contributed by atoms with Crippen LogP contribution in [0.2, 0.25) is 0 Å². The Labute approximate surface area is 303 Å². The number of hydrogen-bond acceptors (Lipinski definition) is 21. The van der Waals surface area contributed by atoms with Crippen LogP contribution in [-0.2, 0) is 18.9 Å². The highest BCUT2D eigenvalue weighted by atomic mass is 16.7. The Morgan fingerprint density at radius 3 is 1.67 bits per heavy atom. The van der Waals surface area contributed by atoms with Gasteiger partial charge >= 0.3 is 0 Å². The van der Waals surface area contributed by atoms with Crippen LogP contribution < -0.4 is 14.9 Å². The molecule has 0 saturated carbocycles. The molecule has 0 amide bonds. The maximum absolute atomic E-state index is 13.9. The van der Waals surface area contributed by atoms with Crippen molar-refractivity contribution in [2.24, 2.45) is 0 Å². The molecular formula is C33H40O21. The topological polar surface area (TPSA) is 349 Å². The second-order valence-electron chi connectivity index (χ2n) is 12.9. The fraction of sp³-hybridized carbons (Fsp3) is 0.545. The third kappa shape index (κ3) is 7.58. The smallest absolute Gasteiger partial charge is 0.239 e. The van der Waals surface area contributed by atoms with E-state index in [4.69, 9.17) is 32.8 Å². The Balaban J connectivity index is 1.28. The van der Waals surface area contributed by atoms with Gasteiger partial charge in [-0.2, -0.15) is 0 Å². The minimum absolute atomic E-state index is 0.0226. The molecule has 21 nitrogen and oxygen atoms in total. The number of aliphatic hydroxyl groups is 11. The third-order valence-corrected chi connectivity index (χ3v) is 9.31. The van der Waals surface area contributed by atoms with Crippen LogP contribution in [0.1, 0.15) is 0 Å². The van der Waals surface area contributed by atoms with E-state index in [0.29, 0.717) is 0 Å². The molecule has 0 bridgehead atoms. The number of rotatable bonds is 10. The molecule has 298 valence electrons. The number of aromatic hydroxyl groups is 2. The number of phenolic OH excluding ortho intramolecular Hbond substituents is 2. The van der Waals surface area contributed by atoms with Gasteiger partial charge in [-0.25, -0.2) is 0 Å². The first-order valence-electron chi connectivity index (χ1n) is 16.5. The largest absolute Gasteiger partial charge is 0.508 e. The second-order valence-corrected chi connectivity index (χ2v) is 12.9. The summed E-state index contributed by atoms with van der Waals surface area (Å²) in [5.41, 5.74) is -1.29. The van der Waals surface area contributed by atoms with Gasteiger partial charge in [0.05, 0.1) is 19.8 Å². The number of fused-ring (bicyclic) bond motifs is 1. The number of hydrogen-bond donors (Lipinski definition) is 13. The van der Waals surface area contributed by atoms with Gasteiger partial charge in [-0.1, -0.05) is 0 Å². The molecule has 0 aliphatic carbocycles. The zero-order valence-corrected chi connectivity index (χ0v) is 27.8. The summed E-state index contributed by atoms with van der Waals surface area (Å²) in [5, 5.41) is 132. The van der Waals surface area contributed by atoms with E-state index in [1.807, 2.05) is 0 Å². The Morgan fingerprint density at radius 2 is 1.09 bits per heavy atom. The lowest BCUT2D eigenvalue weighted by atomic mass is 9.98. The Morgan fingerprint density at radius 1 is 0.593 bits per heavy atom. The van der Waals surface area contributed by atoms with Crippen molar-refractivity contribution in [3.8, 4) is 34.3 Å². The molecule has 13 N–H and O–H groups in total. The monoisotopic (exact) mass is 772 g/mol. The lowest BCUT2D eigenvalue weighted by molar-refractivity contribution is -0.323. The lowest BCUT2D eigenvalue weighted by Crippen LogP contribution is -2.62. The molecule has 21 heteroatoms. The van der Waals surface area contributed by atoms with Crippen molar-refractivity contribution in [1.82, 2.24) is 0 Å². The number of aliphatic hydroxyl groups excluding tert-OH is 11. The van der Waals surface area contributed by atoms with E-state index in [9.17, 15) is 71.2 Å². The summed E-state index contributed by atoms with van der Waals surface area (Å²) >= 11 is 0. The predicted molar refractivity (Wildman–Crippen MR) is 173 cm³/mol. The molecule has 2 aromatic carbocycles. The van der Waals surface area contributed by atoms with E-state index in [1.165, 1.54) is 24.3 Å². The van der Waals surface area contributed by atoms with E-state index in [2.05, 4.69) is 0 Å². The normalized spacial score (nSPS) is 37.3. The van der Waals surface area contributed by atoms with Crippen molar-refractivity contribution in [2.75, 3.05) is 19.8 Å². The van der Waals surface area contributed by atoms with Gasteiger partial charge in [-0.3, -0.25) is 4.79 Å². The van der Waals surface area contributed by atoms with Crippen LogP contribution in [0.15, 0.2) is 45.6 Å². The van der Waals surface area contributed by atoms with Gasteiger partial charge in [0.2, 0.25) is 23.8 Å². The molecule has 6 rings (SSSR count). The molecule has 4 heterocycles. The summed E-state index contributed by atoms with van der Waals surface area (Å²) in [6.07, 6.45) is -25.5. The van der Waals surface area contributed by atoms with Crippen LogP contribution in [0.3, 0.4) is 0 Å². The summed E-state index contributed by atoms with van der Waals surface area (Å²) in [6, 6.07) is 7.15. The average Bonchev–Trinajstić information content (AvgIpc) is 3.15. The minimum atomic E-state index is -2.03. The maximum Gasteiger partial charge on any atom is 0.239 e. The molecule has 3 aromatic rings. The Bertz CT molecular complexity index is 1800. The quantitative estimate of drug-likeness (QED) is 0.0918. The molecule has 0 radical (unpaired) electrons. The average molecular weight is 773 g/mol. The van der Waals surface area contributed by atoms with Gasteiger partial charge in [0.1, 0.15) is 101 Å². The van der Waals surface area contributed by atoms with Crippen molar-refractivity contribution in [1.29, 1.82) is 0 Å². The van der Waals surface area contributed by atoms with E-state index in [0.717, 1.165) is 12.1 Å². The highest BCUT2D eigenvalue weighted by molar-refractivity contribution is 5.88. The first-order chi connectivity index (χ1) is 25.6. The molecule has 15 atom stereocenters. The van der Waals surface area contributed by atoms with Crippen molar-refractivity contribution in [3.63, 3.8) is 0 Å². The molecule has 3 saturated heterocycles. The minimum Gasteiger partial charge on any atom is -0.508 e. The Hall–Kier alpha value is -3.75. The summed E-state index contributed by atoms with van der Waals surface area (Å²) < 4.78 is 39.0. The van der Waals surface area contributed by atoms with Gasteiger partial charge in [-0.05, 0) is 24.3 Å². The van der Waals surface area contributed by atoms with Gasteiger partial charge in [0.25, 0.3) is 0 Å². The van der Waals surface area contributed by atoms with Gasteiger partial charge in [0.15, 0.2) is 12.1 Å². The second kappa shape index (κ2) is 16.2. The van der Waals surface area contributed by atoms with Crippen LogP contribution >= 0.6 is 0 Å². The van der Waals surface area contributed by atoms with Gasteiger partial charge < -0.3 is 99.2 Å². The van der Waals surface area contributed by atoms with E-state index < -0.39 is 140 Å². The third-order valence-electron chi connectivity index (χ3n) is 9.31. The maximum atomic E-state index is 13.9. The number of ether oxygens (including phenoxy) is 6. The van der Waals surface area contributed by atoms with E-state index in [-0.39, 0.29) is 22.7 Å². The molecule has 15 unspecified atom stereocenters. The zero-order chi connectivity index (χ0) is 39.2. The van der Waals surface area contributed by atoms with Crippen LogP contribution in [0.5, 0.6) is 23.0 Å². The lowest BCUT2D eigenvalue weighted by Gasteiger charge is -2.42. The molecular weight excluding hydrogens is 732 g/mol. The molecule has 3 aliphatic heterocycles. The van der Waals surface area contributed by atoms with Crippen molar-refractivity contribution in [2.45, 2.75) is 92.1 Å². The highest BCUT2D eigenvalue weighted by Crippen LogP contribution is 2.38. The van der Waals surface area contributed by atoms with Crippen molar-refractivity contribution < 1.29 is 99.2 Å². The molecule has 3 aliphatic rings. The molecule has 0 spiro atoms. The SMILES string of the molecule is O=c1c(OC2OC(COC3OC(CO)C(O)C(O)C3O)C(O)C(O)C2O)c(-c2ccc(OC3OC(CO)C(O)C(O)C3O)cc2)oc2cc(O)cc(O)c12. The van der Waals surface area contributed by atoms with Crippen molar-refractivity contribution in [3.05, 3.63) is 46.6 Å². The van der Waals surface area contributed by atoms with Crippen LogP contribution in [-0.4, -0.2) is 178 Å². The summed E-state index contributed by atoms with van der Waals surface area (Å²) in [5.74, 6) is -2.25. The Kier molecular flexibility index (Phi) is 11.9. The van der Waals surface area contributed by atoms with Gasteiger partial charge in [-0.15, -0.1) is 0 Å². The van der Waals surface area contributed by atoms with Crippen molar-refractivity contribution >= 4 is 11.0 Å². The standard InChI is InChI=1S/C33H40O21/c34-7-15-19(38)23(42)26(45)31(51-15)48-9-17-21(40)25(44)28(47)33(53-17)54-30-22(41)18-13(37)5-11(36)6-14(18)50-29(30)10-1-3-12(4-2-10)49-32-27(46)24(43)20(39)16(8-35)52-32/h1-6,15-17,19-21,23-28,31-40,42-47H,7-9H2. The van der Waals surface area contributed by atoms with Crippen LogP contribution in [0.4, 0.5) is 0 Å². The molecule has 3 fully saturated rings. The summed E-state index contributed by atoms with van der Waals surface area (Å²) in [6.45, 7) is -2.16. The van der Waals surface area contributed by atoms with E-state index >= 15 is 0 Å². The van der Waals surface area contributed by atoms with Crippen LogP contribution in [0.25, 0.3) is 22.3 Å². The van der Waals surface area contributed by atoms with Crippen LogP contribution in [0, 0.1) is 0 Å². The first-order valence-corrected chi connectivity index (χ1v) is 16.5. The fourth-order valence-electron chi connectivity index (χ4n) is 6.21.